The van der Waals surface area contributed by atoms with E-state index >= 15 is 0 Å². The first kappa shape index (κ1) is 12.6. The van der Waals surface area contributed by atoms with Crippen LogP contribution in [0.4, 0.5) is 0 Å². The van der Waals surface area contributed by atoms with Gasteiger partial charge in [0.2, 0.25) is 0 Å². The Morgan fingerprint density at radius 2 is 1.65 bits per heavy atom. The van der Waals surface area contributed by atoms with E-state index in [1.165, 1.54) is 0 Å². The average Bonchev–Trinajstić information content (AvgIpc) is 2.32. The number of hydrogen-bond donors (Lipinski definition) is 0. The van der Waals surface area contributed by atoms with Gasteiger partial charge < -0.3 is 0 Å². The third-order valence-electron chi connectivity index (χ3n) is 2.27. The van der Waals surface area contributed by atoms with E-state index in [1.807, 2.05) is 18.2 Å². The van der Waals surface area contributed by atoms with E-state index in [1.54, 1.807) is 30.3 Å². The van der Waals surface area contributed by atoms with Crippen LogP contribution < -0.4 is 0 Å². The van der Waals surface area contributed by atoms with E-state index in [2.05, 4.69) is 0 Å². The molecule has 1 unspecified atom stereocenters. The summed E-state index contributed by atoms with van der Waals surface area (Å²) in [6.07, 6.45) is 0. The van der Waals surface area contributed by atoms with Crippen LogP contribution in [0.1, 0.15) is 5.56 Å². The summed E-state index contributed by atoms with van der Waals surface area (Å²) in [5, 5.41) is 1.29. The summed E-state index contributed by atoms with van der Waals surface area (Å²) >= 11 is 11.7. The van der Waals surface area contributed by atoms with Gasteiger partial charge in [-0.1, -0.05) is 41.4 Å². The van der Waals surface area contributed by atoms with Gasteiger partial charge in [-0.25, -0.2) is 0 Å². The zero-order valence-corrected chi connectivity index (χ0v) is 11.2. The van der Waals surface area contributed by atoms with Crippen molar-refractivity contribution < 1.29 is 4.21 Å². The van der Waals surface area contributed by atoms with Crippen LogP contribution in [0.15, 0.2) is 53.4 Å². The molecule has 0 aromatic heterocycles. The number of benzene rings is 2. The Morgan fingerprint density at radius 1 is 0.941 bits per heavy atom. The minimum Gasteiger partial charge on any atom is -0.254 e. The van der Waals surface area contributed by atoms with Crippen molar-refractivity contribution in [1.82, 2.24) is 0 Å². The van der Waals surface area contributed by atoms with Crippen molar-refractivity contribution in [1.29, 1.82) is 0 Å². The molecule has 88 valence electrons. The Balaban J connectivity index is 2.14. The Kier molecular flexibility index (Phi) is 4.21. The molecule has 2 aromatic rings. The molecule has 1 atom stereocenters. The molecule has 0 fully saturated rings. The molecule has 0 N–H and O–H groups in total. The van der Waals surface area contributed by atoms with Gasteiger partial charge in [-0.15, -0.1) is 0 Å². The predicted octanol–water partition coefficient (Wildman–Crippen LogP) is 4.30. The van der Waals surface area contributed by atoms with E-state index in [-0.39, 0.29) is 0 Å². The largest absolute Gasteiger partial charge is 0.254 e. The van der Waals surface area contributed by atoms with Crippen LogP contribution in [0.3, 0.4) is 0 Å². The van der Waals surface area contributed by atoms with E-state index in [4.69, 9.17) is 23.2 Å². The summed E-state index contributed by atoms with van der Waals surface area (Å²) in [5.74, 6) is 0.470. The van der Waals surface area contributed by atoms with Gasteiger partial charge in [0.1, 0.15) is 0 Å². The molecule has 2 aromatic carbocycles. The van der Waals surface area contributed by atoms with Crippen molar-refractivity contribution in [2.75, 3.05) is 0 Å². The Labute approximate surface area is 113 Å². The normalized spacial score (nSPS) is 12.4. The first-order valence-corrected chi connectivity index (χ1v) is 7.11. The fraction of sp³-hybridized carbons (Fsp3) is 0.0769. The zero-order chi connectivity index (χ0) is 12.3. The minimum absolute atomic E-state index is 0.470. The Morgan fingerprint density at radius 3 is 2.29 bits per heavy atom. The van der Waals surface area contributed by atoms with Crippen LogP contribution in [-0.4, -0.2) is 4.21 Å². The Bertz CT molecular complexity index is 537. The highest BCUT2D eigenvalue weighted by atomic mass is 35.5. The lowest BCUT2D eigenvalue weighted by molar-refractivity contribution is 0.682. The average molecular weight is 285 g/mol. The smallest absolute Gasteiger partial charge is 0.0574 e. The maximum atomic E-state index is 12.1. The van der Waals surface area contributed by atoms with Crippen molar-refractivity contribution >= 4 is 34.0 Å². The highest BCUT2D eigenvalue weighted by molar-refractivity contribution is 7.84. The molecule has 0 heterocycles. The summed E-state index contributed by atoms with van der Waals surface area (Å²) in [6, 6.07) is 14.5. The van der Waals surface area contributed by atoms with Gasteiger partial charge in [0, 0.05) is 14.9 Å². The lowest BCUT2D eigenvalue weighted by atomic mass is 10.2. The summed E-state index contributed by atoms with van der Waals surface area (Å²) in [4.78, 5) is 0.743. The van der Waals surface area contributed by atoms with Crippen LogP contribution in [0.25, 0.3) is 0 Å². The molecule has 0 saturated heterocycles. The zero-order valence-electron chi connectivity index (χ0n) is 8.90. The molecule has 4 heteroatoms. The second-order valence-corrected chi connectivity index (χ2v) is 5.90. The van der Waals surface area contributed by atoms with Gasteiger partial charge in [0.05, 0.1) is 16.6 Å². The highest BCUT2D eigenvalue weighted by Gasteiger charge is 2.05. The van der Waals surface area contributed by atoms with Crippen molar-refractivity contribution in [2.24, 2.45) is 0 Å². The van der Waals surface area contributed by atoms with Crippen molar-refractivity contribution in [3.63, 3.8) is 0 Å². The summed E-state index contributed by atoms with van der Waals surface area (Å²) < 4.78 is 12.1. The second-order valence-electron chi connectivity index (χ2n) is 3.57. The van der Waals surface area contributed by atoms with Gasteiger partial charge in [0.15, 0.2) is 0 Å². The van der Waals surface area contributed by atoms with Crippen LogP contribution in [0.5, 0.6) is 0 Å². The van der Waals surface area contributed by atoms with Crippen LogP contribution >= 0.6 is 23.2 Å². The standard InChI is InChI=1S/C13H10Cl2OS/c14-11-6-4-10(5-7-11)9-17(16)13-3-1-2-12(15)8-13/h1-8H,9H2. The van der Waals surface area contributed by atoms with Crippen LogP contribution in [0.2, 0.25) is 10.0 Å². The maximum Gasteiger partial charge on any atom is 0.0574 e. The molecule has 0 saturated carbocycles. The van der Waals surface area contributed by atoms with E-state index in [0.717, 1.165) is 10.5 Å². The van der Waals surface area contributed by atoms with Crippen LogP contribution in [-0.2, 0) is 16.6 Å². The third kappa shape index (κ3) is 3.56. The first-order chi connectivity index (χ1) is 8.15. The van der Waals surface area contributed by atoms with Gasteiger partial charge in [-0.2, -0.15) is 0 Å². The molecule has 0 aliphatic rings. The van der Waals surface area contributed by atoms with Crippen molar-refractivity contribution in [3.05, 3.63) is 64.1 Å². The van der Waals surface area contributed by atoms with Gasteiger partial charge in [-0.05, 0) is 35.9 Å². The summed E-state index contributed by atoms with van der Waals surface area (Å²) in [6.45, 7) is 0. The van der Waals surface area contributed by atoms with Crippen molar-refractivity contribution in [3.8, 4) is 0 Å². The monoisotopic (exact) mass is 284 g/mol. The molecule has 0 aliphatic carbocycles. The molecule has 2 rings (SSSR count). The first-order valence-electron chi connectivity index (χ1n) is 5.03. The SMILES string of the molecule is O=S(Cc1ccc(Cl)cc1)c1cccc(Cl)c1. The third-order valence-corrected chi connectivity index (χ3v) is 4.13. The quantitative estimate of drug-likeness (QED) is 0.821. The van der Waals surface area contributed by atoms with Gasteiger partial charge >= 0.3 is 0 Å². The molecular weight excluding hydrogens is 275 g/mol. The molecular formula is C13H10Cl2OS. The number of hydrogen-bond acceptors (Lipinski definition) is 1. The van der Waals surface area contributed by atoms with E-state index < -0.39 is 10.8 Å². The van der Waals surface area contributed by atoms with Crippen molar-refractivity contribution in [2.45, 2.75) is 10.6 Å². The lowest BCUT2D eigenvalue weighted by Gasteiger charge is -2.03. The minimum atomic E-state index is -1.08. The van der Waals surface area contributed by atoms with E-state index in [0.29, 0.717) is 15.8 Å². The second kappa shape index (κ2) is 5.67. The predicted molar refractivity (Wildman–Crippen MR) is 73.0 cm³/mol. The summed E-state index contributed by atoms with van der Waals surface area (Å²) in [5.41, 5.74) is 0.993. The molecule has 0 spiro atoms. The van der Waals surface area contributed by atoms with Crippen LogP contribution in [0, 0.1) is 0 Å². The molecule has 17 heavy (non-hydrogen) atoms. The molecule has 0 amide bonds. The molecule has 0 radical (unpaired) electrons. The van der Waals surface area contributed by atoms with E-state index in [9.17, 15) is 4.21 Å². The fourth-order valence-corrected chi connectivity index (χ4v) is 2.96. The lowest BCUT2D eigenvalue weighted by Crippen LogP contribution is -1.96. The Hall–Kier alpha value is -0.830. The maximum absolute atomic E-state index is 12.1. The van der Waals surface area contributed by atoms with Gasteiger partial charge in [-0.3, -0.25) is 4.21 Å². The molecule has 0 aliphatic heterocycles. The highest BCUT2D eigenvalue weighted by Crippen LogP contribution is 2.18. The topological polar surface area (TPSA) is 17.1 Å². The fourth-order valence-electron chi connectivity index (χ4n) is 1.42. The van der Waals surface area contributed by atoms with Gasteiger partial charge in [0.25, 0.3) is 0 Å². The number of rotatable bonds is 3. The summed E-state index contributed by atoms with van der Waals surface area (Å²) in [7, 11) is -1.08. The molecule has 0 bridgehead atoms. The number of halogens is 2. The molecule has 1 nitrogen and oxygen atoms in total.